The summed E-state index contributed by atoms with van der Waals surface area (Å²) in [5.74, 6) is -1.24. The van der Waals surface area contributed by atoms with Gasteiger partial charge in [0, 0.05) is 51.3 Å². The molecule has 6 aromatic rings. The van der Waals surface area contributed by atoms with Gasteiger partial charge < -0.3 is 14.3 Å². The number of amides is 1. The third-order valence-electron chi connectivity index (χ3n) is 6.53. The maximum absolute atomic E-state index is 13.5. The molecule has 0 bridgehead atoms. The topological polar surface area (TPSA) is 55.5 Å². The number of nitrogens with one attached hydrogen (secondary N) is 1. The minimum atomic E-state index is -0.662. The third-order valence-corrected chi connectivity index (χ3v) is 6.53. The lowest BCUT2D eigenvalue weighted by Crippen LogP contribution is -2.24. The molecule has 5 nitrogen and oxygen atoms in total. The van der Waals surface area contributed by atoms with Gasteiger partial charge in [0.2, 0.25) is 0 Å². The Bertz CT molecular complexity index is 1740. The largest absolute Gasteiger partial charge is 0.341 e. The van der Waals surface area contributed by atoms with E-state index in [9.17, 15) is 9.59 Å². The number of aromatic nitrogens is 2. The number of hydrogen-bond acceptors (Lipinski definition) is 2. The number of Topliss-reactive ketones (excluding diaryl/α,β-unsaturated/α-hetero) is 1. The standard InChI is InChI=1S/C30H23N3O2/c1-2-32-26-14-7-6-13-23(26)25-18-21(15-16-27(25)32)31-30(35)29(34)28-24(20-10-4-3-5-11-20)19-22-12-8-9-17-33(22)28/h3-19H,2H2,1H3,(H,31,35). The molecule has 0 spiro atoms. The summed E-state index contributed by atoms with van der Waals surface area (Å²) in [5.41, 5.74) is 5.68. The monoisotopic (exact) mass is 457 g/mol. The van der Waals surface area contributed by atoms with Crippen LogP contribution in [0.5, 0.6) is 0 Å². The number of hydrogen-bond donors (Lipinski definition) is 1. The van der Waals surface area contributed by atoms with Crippen molar-refractivity contribution in [1.82, 2.24) is 8.97 Å². The SMILES string of the molecule is CCn1c2ccccc2c2cc(NC(=O)C(=O)c3c(-c4ccccc4)cc4ccccn34)ccc21. The summed E-state index contributed by atoms with van der Waals surface area (Å²) >= 11 is 0. The summed E-state index contributed by atoms with van der Waals surface area (Å²) in [6.45, 7) is 2.96. The van der Waals surface area contributed by atoms with Crippen LogP contribution in [0.15, 0.2) is 103 Å². The number of carbonyl (C=O) groups is 2. The van der Waals surface area contributed by atoms with Gasteiger partial charge in [-0.2, -0.15) is 0 Å². The fraction of sp³-hybridized carbons (Fsp3) is 0.0667. The normalized spacial score (nSPS) is 11.3. The van der Waals surface area contributed by atoms with Crippen molar-refractivity contribution in [2.75, 3.05) is 5.32 Å². The van der Waals surface area contributed by atoms with Crippen molar-refractivity contribution in [1.29, 1.82) is 0 Å². The molecular weight excluding hydrogens is 434 g/mol. The number of benzene rings is 3. The van der Waals surface area contributed by atoms with E-state index in [0.717, 1.165) is 45.0 Å². The molecule has 0 aliphatic carbocycles. The zero-order chi connectivity index (χ0) is 23.9. The lowest BCUT2D eigenvalue weighted by atomic mass is 10.0. The van der Waals surface area contributed by atoms with Crippen LogP contribution in [0.25, 0.3) is 38.4 Å². The number of rotatable bonds is 5. The highest BCUT2D eigenvalue weighted by Crippen LogP contribution is 2.32. The summed E-state index contributed by atoms with van der Waals surface area (Å²) in [6.07, 6.45) is 1.81. The molecule has 3 aromatic heterocycles. The van der Waals surface area contributed by atoms with Crippen LogP contribution in [0.3, 0.4) is 0 Å². The molecule has 35 heavy (non-hydrogen) atoms. The van der Waals surface area contributed by atoms with Crippen molar-refractivity contribution in [2.45, 2.75) is 13.5 Å². The van der Waals surface area contributed by atoms with Gasteiger partial charge in [0.15, 0.2) is 0 Å². The Kier molecular flexibility index (Phi) is 4.96. The number of aryl methyl sites for hydroxylation is 1. The molecule has 170 valence electrons. The second kappa shape index (κ2) is 8.29. The third kappa shape index (κ3) is 3.40. The molecule has 6 rings (SSSR count). The van der Waals surface area contributed by atoms with E-state index in [1.165, 1.54) is 0 Å². The van der Waals surface area contributed by atoms with E-state index in [0.29, 0.717) is 11.4 Å². The van der Waals surface area contributed by atoms with Crippen molar-refractivity contribution in [3.05, 3.63) is 109 Å². The van der Waals surface area contributed by atoms with Gasteiger partial charge in [0.1, 0.15) is 5.69 Å². The average Bonchev–Trinajstić information content (AvgIpc) is 3.44. The zero-order valence-electron chi connectivity index (χ0n) is 19.2. The minimum Gasteiger partial charge on any atom is -0.341 e. The molecule has 3 heterocycles. The quantitative estimate of drug-likeness (QED) is 0.236. The first-order valence-corrected chi connectivity index (χ1v) is 11.7. The van der Waals surface area contributed by atoms with Crippen LogP contribution in [-0.4, -0.2) is 20.7 Å². The van der Waals surface area contributed by atoms with E-state index in [1.807, 2.05) is 91.1 Å². The summed E-state index contributed by atoms with van der Waals surface area (Å²) in [5, 5.41) is 5.01. The number of ketones is 1. The number of nitrogens with zero attached hydrogens (tertiary/aromatic N) is 2. The molecule has 0 aliphatic heterocycles. The van der Waals surface area contributed by atoms with Gasteiger partial charge in [-0.25, -0.2) is 0 Å². The molecule has 0 aliphatic rings. The highest BCUT2D eigenvalue weighted by atomic mass is 16.2. The molecule has 0 atom stereocenters. The van der Waals surface area contributed by atoms with Gasteiger partial charge in [0.25, 0.3) is 11.7 Å². The Hall–Kier alpha value is -4.64. The number of fused-ring (bicyclic) bond motifs is 4. The molecular formula is C30H23N3O2. The first-order chi connectivity index (χ1) is 17.2. The van der Waals surface area contributed by atoms with Gasteiger partial charge >= 0.3 is 0 Å². The van der Waals surface area contributed by atoms with E-state index < -0.39 is 11.7 Å². The molecule has 0 unspecified atom stereocenters. The van der Waals surface area contributed by atoms with Crippen LogP contribution in [-0.2, 0) is 11.3 Å². The predicted octanol–water partition coefficient (Wildman–Crippen LogP) is 6.56. The fourth-order valence-corrected chi connectivity index (χ4v) is 4.96. The molecule has 5 heteroatoms. The van der Waals surface area contributed by atoms with Crippen molar-refractivity contribution in [3.63, 3.8) is 0 Å². The van der Waals surface area contributed by atoms with E-state index in [1.54, 1.807) is 4.40 Å². The maximum Gasteiger partial charge on any atom is 0.298 e. The summed E-state index contributed by atoms with van der Waals surface area (Å²) in [7, 11) is 0. The van der Waals surface area contributed by atoms with Gasteiger partial charge in [-0.1, -0.05) is 54.6 Å². The predicted molar refractivity (Wildman–Crippen MR) is 141 cm³/mol. The van der Waals surface area contributed by atoms with E-state index >= 15 is 0 Å². The van der Waals surface area contributed by atoms with Crippen molar-refractivity contribution in [3.8, 4) is 11.1 Å². The van der Waals surface area contributed by atoms with Crippen LogP contribution >= 0.6 is 0 Å². The van der Waals surface area contributed by atoms with Crippen molar-refractivity contribution in [2.24, 2.45) is 0 Å². The van der Waals surface area contributed by atoms with Crippen molar-refractivity contribution >= 4 is 44.7 Å². The van der Waals surface area contributed by atoms with Crippen molar-refractivity contribution < 1.29 is 9.59 Å². The molecule has 0 saturated carbocycles. The molecule has 1 amide bonds. The van der Waals surface area contributed by atoms with E-state index in [2.05, 4.69) is 28.9 Å². The summed E-state index contributed by atoms with van der Waals surface area (Å²) in [6, 6.07) is 31.3. The van der Waals surface area contributed by atoms with Crippen LogP contribution in [0.4, 0.5) is 5.69 Å². The molecule has 3 aromatic carbocycles. The lowest BCUT2D eigenvalue weighted by molar-refractivity contribution is -0.112. The maximum atomic E-state index is 13.5. The number of carbonyl (C=O) groups excluding carboxylic acids is 2. The summed E-state index contributed by atoms with van der Waals surface area (Å²) < 4.78 is 4.03. The smallest absolute Gasteiger partial charge is 0.298 e. The van der Waals surface area contributed by atoms with Crippen LogP contribution in [0.1, 0.15) is 17.4 Å². The highest BCUT2D eigenvalue weighted by Gasteiger charge is 2.25. The van der Waals surface area contributed by atoms with Gasteiger partial charge in [-0.15, -0.1) is 0 Å². The van der Waals surface area contributed by atoms with E-state index in [4.69, 9.17) is 0 Å². The number of anilines is 1. The second-order valence-electron chi connectivity index (χ2n) is 8.54. The Morgan fingerprint density at radius 1 is 0.771 bits per heavy atom. The molecule has 0 fully saturated rings. The Labute approximate surface area is 202 Å². The highest BCUT2D eigenvalue weighted by molar-refractivity contribution is 6.47. The number of pyridine rings is 1. The lowest BCUT2D eigenvalue weighted by Gasteiger charge is -2.08. The Morgan fingerprint density at radius 2 is 1.51 bits per heavy atom. The first-order valence-electron chi connectivity index (χ1n) is 11.7. The second-order valence-corrected chi connectivity index (χ2v) is 8.54. The zero-order valence-corrected chi connectivity index (χ0v) is 19.2. The molecule has 1 N–H and O–H groups in total. The minimum absolute atomic E-state index is 0.355. The fourth-order valence-electron chi connectivity index (χ4n) is 4.96. The summed E-state index contributed by atoms with van der Waals surface area (Å²) in [4.78, 5) is 26.7. The molecule has 0 saturated heterocycles. The van der Waals surface area contributed by atoms with Crippen LogP contribution in [0.2, 0.25) is 0 Å². The van der Waals surface area contributed by atoms with Crippen LogP contribution in [0, 0.1) is 0 Å². The molecule has 0 radical (unpaired) electrons. The van der Waals surface area contributed by atoms with Crippen LogP contribution < -0.4 is 5.32 Å². The Balaban J connectivity index is 1.40. The first kappa shape index (κ1) is 20.9. The average molecular weight is 458 g/mol. The van der Waals surface area contributed by atoms with Gasteiger partial charge in [-0.3, -0.25) is 9.59 Å². The van der Waals surface area contributed by atoms with Gasteiger partial charge in [0.05, 0.1) is 0 Å². The Morgan fingerprint density at radius 3 is 2.34 bits per heavy atom. The number of para-hydroxylation sites is 1. The van der Waals surface area contributed by atoms with Gasteiger partial charge in [-0.05, 0) is 55.0 Å². The van der Waals surface area contributed by atoms with E-state index in [-0.39, 0.29) is 0 Å².